The highest BCUT2D eigenvalue weighted by molar-refractivity contribution is 5.07. The molecule has 0 amide bonds. The summed E-state index contributed by atoms with van der Waals surface area (Å²) in [4.78, 5) is 4.31. The normalized spacial score (nSPS) is 20.7. The molecule has 1 N–H and O–H groups in total. The fourth-order valence-corrected chi connectivity index (χ4v) is 3.09. The first-order valence-electron chi connectivity index (χ1n) is 7.49. The summed E-state index contributed by atoms with van der Waals surface area (Å²) in [6.07, 6.45) is 8.66. The second-order valence-electron chi connectivity index (χ2n) is 5.45. The molecule has 1 aliphatic carbocycles. The van der Waals surface area contributed by atoms with Crippen LogP contribution in [0.25, 0.3) is 0 Å². The number of hydrogen-bond acceptors (Lipinski definition) is 3. The topological polar surface area (TPSA) is 42.4 Å². The third-order valence-electron chi connectivity index (χ3n) is 4.12. The van der Waals surface area contributed by atoms with E-state index in [-0.39, 0.29) is 5.60 Å². The number of rotatable bonds is 5. The lowest BCUT2D eigenvalue weighted by Gasteiger charge is -2.37. The van der Waals surface area contributed by atoms with Gasteiger partial charge < -0.3 is 9.84 Å². The van der Waals surface area contributed by atoms with Crippen molar-refractivity contribution in [2.24, 2.45) is 0 Å². The molecule has 1 saturated carbocycles. The number of aliphatic hydroxyl groups excluding tert-OH is 1. The number of aromatic nitrogens is 1. The molecule has 1 aromatic rings. The average molecular weight is 263 g/mol. The lowest BCUT2D eigenvalue weighted by atomic mass is 9.85. The molecule has 1 aromatic heterocycles. The molecule has 1 heterocycles. The van der Waals surface area contributed by atoms with Gasteiger partial charge in [-0.1, -0.05) is 31.7 Å². The molecular weight excluding hydrogens is 238 g/mol. The van der Waals surface area contributed by atoms with Crippen LogP contribution >= 0.6 is 0 Å². The Morgan fingerprint density at radius 2 is 2.00 bits per heavy atom. The Kier molecular flexibility index (Phi) is 5.34. The zero-order valence-electron chi connectivity index (χ0n) is 11.8. The van der Waals surface area contributed by atoms with Gasteiger partial charge >= 0.3 is 0 Å². The maximum Gasteiger partial charge on any atom is 0.0943 e. The SMILES string of the molecule is CCOC1(C(O)Cc2ccccn2)CCCCCC1. The average Bonchev–Trinajstić information content (AvgIpc) is 2.67. The van der Waals surface area contributed by atoms with E-state index in [1.807, 2.05) is 25.1 Å². The Hall–Kier alpha value is -0.930. The van der Waals surface area contributed by atoms with Crippen LogP contribution in [-0.4, -0.2) is 28.4 Å². The molecule has 0 spiro atoms. The largest absolute Gasteiger partial charge is 0.390 e. The van der Waals surface area contributed by atoms with Gasteiger partial charge in [-0.3, -0.25) is 4.98 Å². The number of hydrogen-bond donors (Lipinski definition) is 1. The van der Waals surface area contributed by atoms with Gasteiger partial charge in [-0.15, -0.1) is 0 Å². The summed E-state index contributed by atoms with van der Waals surface area (Å²) in [5.74, 6) is 0. The molecule has 1 atom stereocenters. The van der Waals surface area contributed by atoms with Gasteiger partial charge in [0.1, 0.15) is 0 Å². The molecule has 0 saturated heterocycles. The zero-order chi connectivity index (χ0) is 13.6. The van der Waals surface area contributed by atoms with Crippen molar-refractivity contribution in [1.29, 1.82) is 0 Å². The van der Waals surface area contributed by atoms with Gasteiger partial charge in [-0.2, -0.15) is 0 Å². The number of pyridine rings is 1. The van der Waals surface area contributed by atoms with Crippen LogP contribution in [0.1, 0.15) is 51.1 Å². The first kappa shape index (κ1) is 14.5. The van der Waals surface area contributed by atoms with E-state index in [4.69, 9.17) is 4.74 Å². The van der Waals surface area contributed by atoms with Gasteiger partial charge in [0, 0.05) is 24.9 Å². The first-order chi connectivity index (χ1) is 9.27. The van der Waals surface area contributed by atoms with Crippen LogP contribution < -0.4 is 0 Å². The van der Waals surface area contributed by atoms with Gasteiger partial charge in [-0.05, 0) is 31.9 Å². The van der Waals surface area contributed by atoms with E-state index in [2.05, 4.69) is 4.98 Å². The van der Waals surface area contributed by atoms with Crippen molar-refractivity contribution in [1.82, 2.24) is 4.98 Å². The van der Waals surface area contributed by atoms with Crippen molar-refractivity contribution in [3.63, 3.8) is 0 Å². The van der Waals surface area contributed by atoms with Crippen LogP contribution in [0.2, 0.25) is 0 Å². The van der Waals surface area contributed by atoms with Gasteiger partial charge in [0.25, 0.3) is 0 Å². The monoisotopic (exact) mass is 263 g/mol. The van der Waals surface area contributed by atoms with Crippen molar-refractivity contribution < 1.29 is 9.84 Å². The molecule has 2 rings (SSSR count). The third-order valence-corrected chi connectivity index (χ3v) is 4.12. The van der Waals surface area contributed by atoms with E-state index in [1.165, 1.54) is 12.8 Å². The molecule has 0 radical (unpaired) electrons. The molecule has 1 aliphatic rings. The minimum absolute atomic E-state index is 0.358. The standard InChI is InChI=1S/C16H25NO2/c1-2-19-16(10-6-3-4-7-11-16)15(18)13-14-9-5-8-12-17-14/h5,8-9,12,15,18H,2-4,6-7,10-11,13H2,1H3. The van der Waals surface area contributed by atoms with E-state index < -0.39 is 6.10 Å². The molecule has 3 nitrogen and oxygen atoms in total. The van der Waals surface area contributed by atoms with Crippen molar-refractivity contribution in [3.8, 4) is 0 Å². The summed E-state index contributed by atoms with van der Waals surface area (Å²) in [5.41, 5.74) is 0.585. The molecule has 1 unspecified atom stereocenters. The van der Waals surface area contributed by atoms with E-state index in [1.54, 1.807) is 6.20 Å². The maximum absolute atomic E-state index is 10.7. The Labute approximate surface area is 116 Å². The lowest BCUT2D eigenvalue weighted by molar-refractivity contribution is -0.128. The molecular formula is C16H25NO2. The zero-order valence-corrected chi connectivity index (χ0v) is 11.8. The van der Waals surface area contributed by atoms with Crippen LogP contribution in [0.15, 0.2) is 24.4 Å². The Morgan fingerprint density at radius 3 is 2.58 bits per heavy atom. The van der Waals surface area contributed by atoms with Crippen molar-refractivity contribution in [2.45, 2.75) is 63.6 Å². The third kappa shape index (κ3) is 3.77. The Bertz CT molecular complexity index is 358. The van der Waals surface area contributed by atoms with Crippen molar-refractivity contribution in [2.75, 3.05) is 6.61 Å². The first-order valence-corrected chi connectivity index (χ1v) is 7.49. The highest BCUT2D eigenvalue weighted by atomic mass is 16.5. The fourth-order valence-electron chi connectivity index (χ4n) is 3.09. The van der Waals surface area contributed by atoms with Crippen LogP contribution in [0.5, 0.6) is 0 Å². The summed E-state index contributed by atoms with van der Waals surface area (Å²) < 4.78 is 6.01. The summed E-state index contributed by atoms with van der Waals surface area (Å²) in [5, 5.41) is 10.7. The summed E-state index contributed by atoms with van der Waals surface area (Å²) in [7, 11) is 0. The molecule has 0 aromatic carbocycles. The van der Waals surface area contributed by atoms with E-state index in [9.17, 15) is 5.11 Å². The van der Waals surface area contributed by atoms with Crippen molar-refractivity contribution >= 4 is 0 Å². The Morgan fingerprint density at radius 1 is 1.26 bits per heavy atom. The highest BCUT2D eigenvalue weighted by Gasteiger charge is 2.38. The molecule has 0 bridgehead atoms. The van der Waals surface area contributed by atoms with E-state index in [0.717, 1.165) is 31.4 Å². The molecule has 0 aliphatic heterocycles. The highest BCUT2D eigenvalue weighted by Crippen LogP contribution is 2.34. The Balaban J connectivity index is 2.08. The number of nitrogens with zero attached hydrogens (tertiary/aromatic N) is 1. The smallest absolute Gasteiger partial charge is 0.0943 e. The maximum atomic E-state index is 10.7. The fraction of sp³-hybridized carbons (Fsp3) is 0.688. The van der Waals surface area contributed by atoms with Gasteiger partial charge in [-0.25, -0.2) is 0 Å². The summed E-state index contributed by atoms with van der Waals surface area (Å²) in [6.45, 7) is 2.68. The van der Waals surface area contributed by atoms with Crippen LogP contribution in [-0.2, 0) is 11.2 Å². The number of ether oxygens (including phenoxy) is 1. The minimum atomic E-state index is -0.458. The predicted octanol–water partition coefficient (Wildman–Crippen LogP) is 3.11. The van der Waals surface area contributed by atoms with Crippen LogP contribution in [0.3, 0.4) is 0 Å². The molecule has 19 heavy (non-hydrogen) atoms. The quantitative estimate of drug-likeness (QED) is 0.830. The van der Waals surface area contributed by atoms with E-state index >= 15 is 0 Å². The predicted molar refractivity (Wildman–Crippen MR) is 76.0 cm³/mol. The molecule has 106 valence electrons. The van der Waals surface area contributed by atoms with Crippen LogP contribution in [0, 0.1) is 0 Å². The number of aliphatic hydroxyl groups is 1. The van der Waals surface area contributed by atoms with Gasteiger partial charge in [0.05, 0.1) is 11.7 Å². The van der Waals surface area contributed by atoms with Gasteiger partial charge in [0.2, 0.25) is 0 Å². The summed E-state index contributed by atoms with van der Waals surface area (Å²) >= 11 is 0. The minimum Gasteiger partial charge on any atom is -0.390 e. The lowest BCUT2D eigenvalue weighted by Crippen LogP contribution is -2.46. The second-order valence-corrected chi connectivity index (χ2v) is 5.45. The molecule has 3 heteroatoms. The van der Waals surface area contributed by atoms with E-state index in [0.29, 0.717) is 13.0 Å². The second kappa shape index (κ2) is 7.01. The van der Waals surface area contributed by atoms with Crippen molar-refractivity contribution in [3.05, 3.63) is 30.1 Å². The van der Waals surface area contributed by atoms with Crippen LogP contribution in [0.4, 0.5) is 0 Å². The molecule has 1 fully saturated rings. The summed E-state index contributed by atoms with van der Waals surface area (Å²) in [6, 6.07) is 5.84. The van der Waals surface area contributed by atoms with Gasteiger partial charge in [0.15, 0.2) is 0 Å².